The molecule has 0 bridgehead atoms. The first-order chi connectivity index (χ1) is 9.97. The zero-order chi connectivity index (χ0) is 15.1. The fourth-order valence-electron chi connectivity index (χ4n) is 2.33. The summed E-state index contributed by atoms with van der Waals surface area (Å²) in [6.07, 6.45) is 0. The number of hydrogen-bond donors (Lipinski definition) is 1. The first-order valence-electron chi connectivity index (χ1n) is 6.63. The molecule has 2 aromatic heterocycles. The van der Waals surface area contributed by atoms with Gasteiger partial charge in [-0.3, -0.25) is 4.68 Å². The molecule has 0 saturated carbocycles. The monoisotopic (exact) mass is 361 g/mol. The van der Waals surface area contributed by atoms with Gasteiger partial charge in [-0.1, -0.05) is 18.2 Å². The van der Waals surface area contributed by atoms with E-state index in [0.717, 1.165) is 25.5 Å². The van der Waals surface area contributed by atoms with E-state index in [0.29, 0.717) is 5.82 Å². The Balaban J connectivity index is 2.24. The second-order valence-corrected chi connectivity index (χ2v) is 7.60. The summed E-state index contributed by atoms with van der Waals surface area (Å²) in [6, 6.07) is 10.5. The average molecular weight is 362 g/mol. The molecule has 0 saturated heterocycles. The topological polar surface area (TPSA) is 43.8 Å². The number of aromatic nitrogens is 2. The lowest BCUT2D eigenvalue weighted by molar-refractivity contribution is 0.783. The predicted molar refractivity (Wildman–Crippen MR) is 93.5 cm³/mol. The van der Waals surface area contributed by atoms with Crippen LogP contribution in [-0.2, 0) is 7.05 Å². The van der Waals surface area contributed by atoms with Crippen molar-refractivity contribution in [3.05, 3.63) is 45.2 Å². The van der Waals surface area contributed by atoms with Crippen molar-refractivity contribution in [3.8, 4) is 21.7 Å². The lowest BCUT2D eigenvalue weighted by Gasteiger charge is -2.06. The second-order valence-electron chi connectivity index (χ2n) is 5.14. The Morgan fingerprint density at radius 2 is 1.90 bits per heavy atom. The van der Waals surface area contributed by atoms with E-state index in [4.69, 9.17) is 5.73 Å². The molecule has 0 amide bonds. The molecule has 0 radical (unpaired) electrons. The molecule has 0 unspecified atom stereocenters. The molecule has 3 rings (SSSR count). The fourth-order valence-corrected chi connectivity index (χ4v) is 3.71. The van der Waals surface area contributed by atoms with Crippen LogP contribution in [0.1, 0.15) is 11.1 Å². The molecule has 3 nitrogen and oxygen atoms in total. The van der Waals surface area contributed by atoms with E-state index in [1.54, 1.807) is 16.0 Å². The van der Waals surface area contributed by atoms with Crippen molar-refractivity contribution < 1.29 is 0 Å². The highest BCUT2D eigenvalue weighted by Crippen LogP contribution is 2.40. The molecule has 0 aliphatic carbocycles. The number of anilines is 1. The van der Waals surface area contributed by atoms with E-state index in [-0.39, 0.29) is 0 Å². The van der Waals surface area contributed by atoms with Gasteiger partial charge in [0, 0.05) is 7.05 Å². The van der Waals surface area contributed by atoms with Gasteiger partial charge in [-0.15, -0.1) is 11.3 Å². The molecular formula is C16H16BrN3S. The Kier molecular flexibility index (Phi) is 3.63. The number of aryl methyl sites for hydroxylation is 3. The van der Waals surface area contributed by atoms with Crippen molar-refractivity contribution in [2.75, 3.05) is 5.73 Å². The molecule has 3 aromatic rings. The van der Waals surface area contributed by atoms with Crippen molar-refractivity contribution in [2.24, 2.45) is 7.05 Å². The van der Waals surface area contributed by atoms with Gasteiger partial charge in [-0.2, -0.15) is 5.10 Å². The number of halogens is 1. The van der Waals surface area contributed by atoms with Crippen LogP contribution in [0.2, 0.25) is 0 Å². The van der Waals surface area contributed by atoms with Gasteiger partial charge in [0.2, 0.25) is 0 Å². The number of rotatable bonds is 2. The van der Waals surface area contributed by atoms with Crippen LogP contribution >= 0.6 is 27.3 Å². The molecule has 21 heavy (non-hydrogen) atoms. The van der Waals surface area contributed by atoms with Crippen molar-refractivity contribution in [3.63, 3.8) is 0 Å². The maximum Gasteiger partial charge on any atom is 0.129 e. The van der Waals surface area contributed by atoms with Crippen molar-refractivity contribution in [1.82, 2.24) is 9.78 Å². The van der Waals surface area contributed by atoms with Gasteiger partial charge >= 0.3 is 0 Å². The first kappa shape index (κ1) is 14.4. The second kappa shape index (κ2) is 5.31. The molecule has 5 heteroatoms. The summed E-state index contributed by atoms with van der Waals surface area (Å²) < 4.78 is 2.83. The van der Waals surface area contributed by atoms with Crippen LogP contribution in [0.5, 0.6) is 0 Å². The first-order valence-corrected chi connectivity index (χ1v) is 8.24. The third kappa shape index (κ3) is 2.51. The van der Waals surface area contributed by atoms with Gasteiger partial charge in [-0.25, -0.2) is 0 Å². The van der Waals surface area contributed by atoms with Crippen molar-refractivity contribution >= 4 is 33.1 Å². The number of nitrogens with zero attached hydrogens (tertiary/aromatic N) is 2. The van der Waals surface area contributed by atoms with E-state index in [1.807, 2.05) is 13.1 Å². The maximum absolute atomic E-state index is 6.26. The highest BCUT2D eigenvalue weighted by molar-refractivity contribution is 9.11. The Labute approximate surface area is 136 Å². The van der Waals surface area contributed by atoms with Crippen LogP contribution in [0.4, 0.5) is 5.82 Å². The zero-order valence-corrected chi connectivity index (χ0v) is 14.5. The van der Waals surface area contributed by atoms with Crippen LogP contribution < -0.4 is 5.73 Å². The van der Waals surface area contributed by atoms with Crippen LogP contribution in [0, 0.1) is 13.8 Å². The van der Waals surface area contributed by atoms with Gasteiger partial charge in [-0.05, 0) is 58.6 Å². The summed E-state index contributed by atoms with van der Waals surface area (Å²) in [4.78, 5) is 1.11. The molecule has 0 aliphatic heterocycles. The standard InChI is InChI=1S/C16H16BrN3S/c1-9-4-5-11(8-10(9)2)14-15(19-20(3)16(14)18)12-6-7-13(17)21-12/h4-8H,18H2,1-3H3. The quantitative estimate of drug-likeness (QED) is 0.713. The van der Waals surface area contributed by atoms with E-state index in [9.17, 15) is 0 Å². The van der Waals surface area contributed by atoms with E-state index < -0.39 is 0 Å². The van der Waals surface area contributed by atoms with Gasteiger partial charge in [0.1, 0.15) is 11.5 Å². The largest absolute Gasteiger partial charge is 0.383 e. The lowest BCUT2D eigenvalue weighted by Crippen LogP contribution is -1.98. The van der Waals surface area contributed by atoms with E-state index in [1.165, 1.54) is 11.1 Å². The van der Waals surface area contributed by atoms with Crippen LogP contribution in [0.3, 0.4) is 0 Å². The third-order valence-electron chi connectivity index (χ3n) is 3.69. The minimum atomic E-state index is 0.692. The lowest BCUT2D eigenvalue weighted by atomic mass is 10.00. The molecular weight excluding hydrogens is 346 g/mol. The average Bonchev–Trinajstić information content (AvgIpc) is 2.99. The maximum atomic E-state index is 6.26. The normalized spacial score (nSPS) is 11.0. The number of thiophene rings is 1. The summed E-state index contributed by atoms with van der Waals surface area (Å²) >= 11 is 5.17. The number of nitrogens with two attached hydrogens (primary N) is 1. The van der Waals surface area contributed by atoms with E-state index in [2.05, 4.69) is 59.1 Å². The van der Waals surface area contributed by atoms with Crippen molar-refractivity contribution in [2.45, 2.75) is 13.8 Å². The Bertz CT molecular complexity index is 817. The number of nitrogen functional groups attached to an aromatic ring is 1. The summed E-state index contributed by atoms with van der Waals surface area (Å²) in [5, 5.41) is 4.60. The minimum Gasteiger partial charge on any atom is -0.383 e. The van der Waals surface area contributed by atoms with Crippen LogP contribution in [0.25, 0.3) is 21.7 Å². The van der Waals surface area contributed by atoms with Crippen molar-refractivity contribution in [1.29, 1.82) is 0 Å². The molecule has 0 aliphatic rings. The van der Waals surface area contributed by atoms with Crippen LogP contribution in [-0.4, -0.2) is 9.78 Å². The molecule has 0 atom stereocenters. The number of benzene rings is 1. The third-order valence-corrected chi connectivity index (χ3v) is 5.32. The molecule has 0 spiro atoms. The Hall–Kier alpha value is -1.59. The van der Waals surface area contributed by atoms with Gasteiger partial charge in [0.15, 0.2) is 0 Å². The minimum absolute atomic E-state index is 0.692. The number of hydrogen-bond acceptors (Lipinski definition) is 3. The van der Waals surface area contributed by atoms with Gasteiger partial charge in [0.05, 0.1) is 14.2 Å². The van der Waals surface area contributed by atoms with Crippen LogP contribution in [0.15, 0.2) is 34.1 Å². The van der Waals surface area contributed by atoms with E-state index >= 15 is 0 Å². The van der Waals surface area contributed by atoms with Gasteiger partial charge in [0.25, 0.3) is 0 Å². The molecule has 1 aromatic carbocycles. The zero-order valence-electron chi connectivity index (χ0n) is 12.1. The smallest absolute Gasteiger partial charge is 0.129 e. The van der Waals surface area contributed by atoms with Gasteiger partial charge < -0.3 is 5.73 Å². The highest BCUT2D eigenvalue weighted by Gasteiger charge is 2.18. The fraction of sp³-hybridized carbons (Fsp3) is 0.188. The predicted octanol–water partition coefficient (Wildman–Crippen LogP) is 4.78. The Morgan fingerprint density at radius 3 is 2.52 bits per heavy atom. The SMILES string of the molecule is Cc1ccc(-c2c(-c3ccc(Br)s3)nn(C)c2N)cc1C. The highest BCUT2D eigenvalue weighted by atomic mass is 79.9. The Morgan fingerprint density at radius 1 is 1.14 bits per heavy atom. The molecule has 0 fully saturated rings. The molecule has 108 valence electrons. The summed E-state index contributed by atoms with van der Waals surface area (Å²) in [5.74, 6) is 0.692. The summed E-state index contributed by atoms with van der Waals surface area (Å²) in [7, 11) is 1.88. The summed E-state index contributed by atoms with van der Waals surface area (Å²) in [5.41, 5.74) is 11.9. The molecule has 2 heterocycles. The molecule has 2 N–H and O–H groups in total. The summed E-state index contributed by atoms with van der Waals surface area (Å²) in [6.45, 7) is 4.23.